The molecule has 0 aromatic carbocycles. The van der Waals surface area contributed by atoms with Crippen molar-refractivity contribution in [2.24, 2.45) is 5.92 Å². The van der Waals surface area contributed by atoms with Crippen LogP contribution < -0.4 is 0 Å². The van der Waals surface area contributed by atoms with Gasteiger partial charge in [-0.15, -0.1) is 0 Å². The summed E-state index contributed by atoms with van der Waals surface area (Å²) in [5.74, 6) is -0.414. The van der Waals surface area contributed by atoms with E-state index in [4.69, 9.17) is 5.11 Å². The number of carboxylic acids is 1. The summed E-state index contributed by atoms with van der Waals surface area (Å²) < 4.78 is 13.4. The second kappa shape index (κ2) is 12.4. The van der Waals surface area contributed by atoms with Crippen LogP contribution in [0, 0.1) is 5.92 Å². The van der Waals surface area contributed by atoms with E-state index < -0.39 is 24.3 Å². The predicted octanol–water partition coefficient (Wildman–Crippen LogP) is 7.04. The predicted molar refractivity (Wildman–Crippen MR) is 107 cm³/mol. The van der Waals surface area contributed by atoms with Crippen molar-refractivity contribution in [2.75, 3.05) is 0 Å². The molecule has 1 N–H and O–H groups in total. The molecule has 2 nitrogen and oxygen atoms in total. The molecular formula is C21H40O2Sn. The van der Waals surface area contributed by atoms with E-state index in [-0.39, 0.29) is 16.8 Å². The van der Waals surface area contributed by atoms with E-state index in [1.54, 1.807) is 0 Å². The Hall–Kier alpha value is 0.00870. The van der Waals surface area contributed by atoms with E-state index in [0.717, 1.165) is 19.3 Å². The van der Waals surface area contributed by atoms with Gasteiger partial charge in [0.1, 0.15) is 0 Å². The Morgan fingerprint density at radius 3 is 2.17 bits per heavy atom. The summed E-state index contributed by atoms with van der Waals surface area (Å²) in [5.41, 5.74) is 1.33. The summed E-state index contributed by atoms with van der Waals surface area (Å²) in [5, 5.41) is 9.15. The van der Waals surface area contributed by atoms with Gasteiger partial charge in [-0.2, -0.15) is 0 Å². The fourth-order valence-electron chi connectivity index (χ4n) is 4.13. The summed E-state index contributed by atoms with van der Waals surface area (Å²) in [6.45, 7) is 6.83. The topological polar surface area (TPSA) is 37.3 Å². The second-order valence-electron chi connectivity index (χ2n) is 7.84. The van der Waals surface area contributed by atoms with Crippen molar-refractivity contribution in [2.45, 2.75) is 103 Å². The van der Waals surface area contributed by atoms with Crippen molar-refractivity contribution in [3.63, 3.8) is 0 Å². The molecule has 0 radical (unpaired) electrons. The third-order valence-electron chi connectivity index (χ3n) is 5.55. The third-order valence-corrected chi connectivity index (χ3v) is 19.9. The molecular weight excluding hydrogens is 403 g/mol. The molecule has 1 aliphatic rings. The summed E-state index contributed by atoms with van der Waals surface area (Å²) in [6.07, 6.45) is 13.1. The van der Waals surface area contributed by atoms with Gasteiger partial charge in [-0.1, -0.05) is 0 Å². The van der Waals surface area contributed by atoms with Crippen molar-refractivity contribution in [1.82, 2.24) is 0 Å². The van der Waals surface area contributed by atoms with Crippen LogP contribution in [0.3, 0.4) is 0 Å². The van der Waals surface area contributed by atoms with Gasteiger partial charge < -0.3 is 0 Å². The summed E-state index contributed by atoms with van der Waals surface area (Å²) in [4.78, 5) is 11.1. The first-order chi connectivity index (χ1) is 12.0. The Labute approximate surface area is 155 Å². The Morgan fingerprint density at radius 2 is 1.71 bits per heavy atom. The van der Waals surface area contributed by atoms with Crippen molar-refractivity contribution in [1.29, 1.82) is 0 Å². The summed E-state index contributed by atoms with van der Waals surface area (Å²) >= 11 is -2.57. The summed E-state index contributed by atoms with van der Waals surface area (Å²) in [7, 11) is 0. The molecule has 24 heavy (non-hydrogen) atoms. The molecule has 0 aromatic heterocycles. The van der Waals surface area contributed by atoms with Gasteiger partial charge in [0.2, 0.25) is 0 Å². The van der Waals surface area contributed by atoms with Gasteiger partial charge in [0.15, 0.2) is 0 Å². The van der Waals surface area contributed by atoms with Crippen molar-refractivity contribution in [3.05, 3.63) is 11.6 Å². The average Bonchev–Trinajstić information content (AvgIpc) is 2.60. The number of rotatable bonds is 13. The van der Waals surface area contributed by atoms with Crippen LogP contribution in [0.5, 0.6) is 0 Å². The van der Waals surface area contributed by atoms with E-state index in [9.17, 15) is 6.17 Å². The zero-order chi connectivity index (χ0) is 18.7. The molecule has 3 heteroatoms. The molecule has 0 saturated carbocycles. The van der Waals surface area contributed by atoms with Crippen LogP contribution in [0.25, 0.3) is 0 Å². The first-order valence-electron chi connectivity index (χ1n) is 10.9. The molecule has 0 spiro atoms. The van der Waals surface area contributed by atoms with E-state index in [1.165, 1.54) is 57.4 Å². The van der Waals surface area contributed by atoms with Gasteiger partial charge in [-0.25, -0.2) is 0 Å². The molecule has 0 saturated heterocycles. The number of unbranched alkanes of at least 4 members (excludes halogenated alkanes) is 3. The van der Waals surface area contributed by atoms with E-state index in [1.807, 2.05) is 0 Å². The normalized spacial score (nSPS) is 20.4. The maximum absolute atomic E-state index is 11.1. The molecule has 0 unspecified atom stereocenters. The summed E-state index contributed by atoms with van der Waals surface area (Å²) in [6, 6.07) is 0. The van der Waals surface area contributed by atoms with Crippen LogP contribution in [0.1, 0.15) is 86.4 Å². The third kappa shape index (κ3) is 8.40. The van der Waals surface area contributed by atoms with Gasteiger partial charge in [0, 0.05) is 0 Å². The van der Waals surface area contributed by atoms with Crippen molar-refractivity contribution in [3.8, 4) is 0 Å². The minimum absolute atomic E-state index is 0.0653. The standard InChI is InChI=1S/C9H13O2.3C4H9.Sn/c1-7-3-2-4-8(5-7)6-9(10)11;3*1-3-4-2;/h3,8H,1-2,4-6H2,(H,10,11);3*1,3-4H2,2H3;/t8-;;;;/m1..../s1/i1D;;;;. The molecule has 0 amide bonds. The van der Waals surface area contributed by atoms with Crippen LogP contribution >= 0.6 is 0 Å². The van der Waals surface area contributed by atoms with Crippen LogP contribution in [0.2, 0.25) is 17.7 Å². The molecule has 0 heterocycles. The van der Waals surface area contributed by atoms with Gasteiger partial charge in [-0.05, 0) is 0 Å². The first-order valence-corrected chi connectivity index (χ1v) is 18.0. The van der Waals surface area contributed by atoms with Crippen LogP contribution in [0.4, 0.5) is 0 Å². The SMILES string of the molecule is [2H][C@H](C1=CCC[C@@H](CC(=O)O)C1)[Sn]([CH2]CCC)([CH2]CCC)[CH2]CCC. The number of carboxylic acid groups (broad SMARTS) is 1. The Kier molecular flexibility index (Phi) is 10.5. The number of hydrogen-bond acceptors (Lipinski definition) is 1. The number of carbonyl (C=O) groups is 1. The van der Waals surface area contributed by atoms with Gasteiger partial charge in [0.05, 0.1) is 0 Å². The number of hydrogen-bond donors (Lipinski definition) is 1. The van der Waals surface area contributed by atoms with Gasteiger partial charge in [0.25, 0.3) is 0 Å². The van der Waals surface area contributed by atoms with Crippen LogP contribution in [0.15, 0.2) is 11.6 Å². The van der Waals surface area contributed by atoms with Crippen LogP contribution in [-0.2, 0) is 4.79 Å². The molecule has 0 bridgehead atoms. The second-order valence-corrected chi connectivity index (χ2v) is 20.7. The molecule has 140 valence electrons. The minimum atomic E-state index is -2.57. The monoisotopic (exact) mass is 445 g/mol. The van der Waals surface area contributed by atoms with E-state index in [0.29, 0.717) is 0 Å². The molecule has 1 rings (SSSR count). The molecule has 0 fully saturated rings. The average molecular weight is 444 g/mol. The van der Waals surface area contributed by atoms with Gasteiger partial charge in [-0.3, -0.25) is 0 Å². The number of aliphatic carboxylic acids is 1. The zero-order valence-corrected chi connectivity index (χ0v) is 19.1. The quantitative estimate of drug-likeness (QED) is 0.245. The molecule has 1 aliphatic carbocycles. The zero-order valence-electron chi connectivity index (χ0n) is 17.3. The molecule has 0 aliphatic heterocycles. The van der Waals surface area contributed by atoms with Crippen LogP contribution in [-0.4, -0.2) is 29.5 Å². The van der Waals surface area contributed by atoms with Crippen molar-refractivity contribution < 1.29 is 11.3 Å². The first kappa shape index (κ1) is 20.3. The van der Waals surface area contributed by atoms with E-state index in [2.05, 4.69) is 26.8 Å². The fourth-order valence-corrected chi connectivity index (χ4v) is 19.5. The fraction of sp³-hybridized carbons (Fsp3) is 0.857. The molecule has 0 aromatic rings. The van der Waals surface area contributed by atoms with Gasteiger partial charge >= 0.3 is 156 Å². The Balaban J connectivity index is 2.95. The maximum atomic E-state index is 11.1. The van der Waals surface area contributed by atoms with E-state index >= 15 is 0 Å². The number of allylic oxidation sites excluding steroid dienone is 2. The Bertz CT molecular complexity index is 400. The van der Waals surface area contributed by atoms with Crippen molar-refractivity contribution >= 4 is 24.3 Å². The Morgan fingerprint density at radius 1 is 1.17 bits per heavy atom. The molecule has 2 atom stereocenters.